The highest BCUT2D eigenvalue weighted by atomic mass is 35.5. The van der Waals surface area contributed by atoms with E-state index in [4.69, 9.17) is 28.3 Å². The lowest BCUT2D eigenvalue weighted by Gasteiger charge is -2.12. The lowest BCUT2D eigenvalue weighted by atomic mass is 10.3. The van der Waals surface area contributed by atoms with E-state index in [-0.39, 0.29) is 26.1 Å². The lowest BCUT2D eigenvalue weighted by Crippen LogP contribution is -2.25. The van der Waals surface area contributed by atoms with Gasteiger partial charge >= 0.3 is 24.6 Å². The summed E-state index contributed by atoms with van der Waals surface area (Å²) >= 11 is 11.7. The Morgan fingerprint density at radius 2 is 1.92 bits per heavy atom. The molecule has 1 heterocycles. The number of ether oxygens (including phenoxy) is 1. The van der Waals surface area contributed by atoms with E-state index < -0.39 is 30.3 Å². The summed E-state index contributed by atoms with van der Waals surface area (Å²) in [5.74, 6) is -2.66. The van der Waals surface area contributed by atoms with Crippen LogP contribution in [0.1, 0.15) is 12.4 Å². The second-order valence-corrected chi connectivity index (χ2v) is 5.21. The third-order valence-electron chi connectivity index (χ3n) is 2.83. The maximum Gasteiger partial charge on any atom is 0.378 e. The molecule has 24 heavy (non-hydrogen) atoms. The van der Waals surface area contributed by atoms with Crippen LogP contribution in [-0.2, 0) is 4.79 Å². The van der Waals surface area contributed by atoms with Crippen molar-refractivity contribution in [1.29, 1.82) is 0 Å². The Hall–Kier alpha value is -2.20. The predicted molar refractivity (Wildman–Crippen MR) is 77.0 cm³/mol. The van der Waals surface area contributed by atoms with Crippen molar-refractivity contribution in [2.24, 2.45) is 0 Å². The molecule has 7 nitrogen and oxygen atoms in total. The molecule has 130 valence electrons. The van der Waals surface area contributed by atoms with Gasteiger partial charge in [-0.2, -0.15) is 17.9 Å². The van der Waals surface area contributed by atoms with Crippen LogP contribution < -0.4 is 10.4 Å². The van der Waals surface area contributed by atoms with E-state index in [1.165, 1.54) is 6.92 Å². The molecule has 0 aliphatic rings. The summed E-state index contributed by atoms with van der Waals surface area (Å²) in [4.78, 5) is 22.5. The minimum Gasteiger partial charge on any atom is -0.476 e. The number of benzene rings is 1. The first-order valence-corrected chi connectivity index (χ1v) is 6.88. The summed E-state index contributed by atoms with van der Waals surface area (Å²) in [6, 6.07) is 1.95. The minimum absolute atomic E-state index is 0.112. The summed E-state index contributed by atoms with van der Waals surface area (Å²) in [6.45, 7) is -1.96. The lowest BCUT2D eigenvalue weighted by molar-refractivity contribution is -0.153. The summed E-state index contributed by atoms with van der Waals surface area (Å²) in [5.41, 5.74) is -1.44. The van der Waals surface area contributed by atoms with E-state index in [1.807, 2.05) is 0 Å². The maximum absolute atomic E-state index is 13.2. The zero-order valence-corrected chi connectivity index (χ0v) is 13.2. The average Bonchev–Trinajstić information content (AvgIpc) is 2.76. The number of nitrogens with zero attached hydrogens (tertiary/aromatic N) is 3. The quantitative estimate of drug-likeness (QED) is 0.854. The standard InChI is InChI=1S/C12H8Cl2F3N3O4/c1-4-18-20(12(23)19(4)11(16)17)7-3-8(6(14)2-5(7)13)24-9(15)10(21)22/h2-3,9,11H,1H3,(H,21,22). The van der Waals surface area contributed by atoms with E-state index in [2.05, 4.69) is 9.84 Å². The second kappa shape index (κ2) is 6.73. The molecule has 1 aromatic carbocycles. The highest BCUT2D eigenvalue weighted by Crippen LogP contribution is 2.33. The number of aryl methyl sites for hydroxylation is 1. The normalized spacial score (nSPS) is 12.5. The molecule has 0 aliphatic heterocycles. The summed E-state index contributed by atoms with van der Waals surface area (Å²) in [7, 11) is 0. The van der Waals surface area contributed by atoms with Gasteiger partial charge in [0.05, 0.1) is 15.7 Å². The largest absolute Gasteiger partial charge is 0.476 e. The van der Waals surface area contributed by atoms with Gasteiger partial charge in [0.25, 0.3) is 0 Å². The van der Waals surface area contributed by atoms with Gasteiger partial charge in [0.15, 0.2) is 0 Å². The topological polar surface area (TPSA) is 86.4 Å². The molecule has 1 N–H and O–H groups in total. The molecule has 0 aliphatic carbocycles. The van der Waals surface area contributed by atoms with Gasteiger partial charge in [0.2, 0.25) is 0 Å². The van der Waals surface area contributed by atoms with Crippen LogP contribution in [0.15, 0.2) is 16.9 Å². The number of halogens is 5. The molecule has 0 saturated heterocycles. The molecule has 0 fully saturated rings. The van der Waals surface area contributed by atoms with Crippen molar-refractivity contribution < 1.29 is 27.8 Å². The Labute approximate surface area is 141 Å². The number of carboxylic acid groups (broad SMARTS) is 1. The van der Waals surface area contributed by atoms with E-state index in [0.29, 0.717) is 4.68 Å². The van der Waals surface area contributed by atoms with E-state index in [9.17, 15) is 22.8 Å². The van der Waals surface area contributed by atoms with Crippen molar-refractivity contribution in [2.45, 2.75) is 19.8 Å². The number of hydrogen-bond acceptors (Lipinski definition) is 4. The van der Waals surface area contributed by atoms with Gasteiger partial charge in [-0.3, -0.25) is 0 Å². The zero-order valence-electron chi connectivity index (χ0n) is 11.7. The number of alkyl halides is 3. The van der Waals surface area contributed by atoms with Gasteiger partial charge in [-0.05, 0) is 13.0 Å². The first-order chi connectivity index (χ1) is 11.1. The molecule has 0 radical (unpaired) electrons. The van der Waals surface area contributed by atoms with E-state index >= 15 is 0 Å². The van der Waals surface area contributed by atoms with Crippen LogP contribution in [-0.4, -0.2) is 31.8 Å². The summed E-state index contributed by atoms with van der Waals surface area (Å²) in [6.07, 6.45) is -2.73. The fourth-order valence-corrected chi connectivity index (χ4v) is 2.30. The highest BCUT2D eigenvalue weighted by molar-refractivity contribution is 6.36. The van der Waals surface area contributed by atoms with Gasteiger partial charge in [-0.25, -0.2) is 14.2 Å². The first-order valence-electron chi connectivity index (χ1n) is 6.12. The molecule has 1 aromatic heterocycles. The molecule has 2 aromatic rings. The molecule has 12 heteroatoms. The average molecular weight is 386 g/mol. The molecule has 2 rings (SSSR count). The molecule has 0 saturated carbocycles. The Morgan fingerprint density at radius 3 is 2.42 bits per heavy atom. The Balaban J connectivity index is 2.58. The maximum atomic E-state index is 13.2. The highest BCUT2D eigenvalue weighted by Gasteiger charge is 2.23. The molecular formula is C12H8Cl2F3N3O4. The van der Waals surface area contributed by atoms with Crippen LogP contribution >= 0.6 is 23.2 Å². The molecular weight excluding hydrogens is 378 g/mol. The monoisotopic (exact) mass is 385 g/mol. The number of aromatic nitrogens is 3. The smallest absolute Gasteiger partial charge is 0.378 e. The number of carboxylic acids is 1. The van der Waals surface area contributed by atoms with Crippen molar-refractivity contribution in [3.8, 4) is 11.4 Å². The molecule has 1 atom stereocenters. The number of hydrogen-bond donors (Lipinski definition) is 1. The van der Waals surface area contributed by atoms with Crippen LogP contribution in [0.25, 0.3) is 5.69 Å². The van der Waals surface area contributed by atoms with Gasteiger partial charge < -0.3 is 9.84 Å². The van der Waals surface area contributed by atoms with Crippen LogP contribution in [0.2, 0.25) is 10.0 Å². The molecule has 1 unspecified atom stereocenters. The van der Waals surface area contributed by atoms with Gasteiger partial charge in [0.1, 0.15) is 11.6 Å². The number of rotatable bonds is 5. The van der Waals surface area contributed by atoms with E-state index in [1.54, 1.807) is 0 Å². The van der Waals surface area contributed by atoms with Crippen molar-refractivity contribution in [2.75, 3.05) is 0 Å². The first kappa shape index (κ1) is 18.1. The van der Waals surface area contributed by atoms with Crippen LogP contribution in [0.3, 0.4) is 0 Å². The van der Waals surface area contributed by atoms with Crippen LogP contribution in [0.4, 0.5) is 13.2 Å². The van der Waals surface area contributed by atoms with Crippen molar-refractivity contribution >= 4 is 29.2 Å². The zero-order chi connectivity index (χ0) is 18.2. The van der Waals surface area contributed by atoms with E-state index in [0.717, 1.165) is 12.1 Å². The van der Waals surface area contributed by atoms with Gasteiger partial charge in [0, 0.05) is 6.07 Å². The summed E-state index contributed by atoms with van der Waals surface area (Å²) in [5, 5.41) is 11.7. The Kier molecular flexibility index (Phi) is 5.09. The second-order valence-electron chi connectivity index (χ2n) is 4.40. The van der Waals surface area contributed by atoms with Crippen molar-refractivity contribution in [1.82, 2.24) is 14.3 Å². The van der Waals surface area contributed by atoms with Crippen molar-refractivity contribution in [3.63, 3.8) is 0 Å². The third kappa shape index (κ3) is 3.34. The fourth-order valence-electron chi connectivity index (χ4n) is 1.79. The SMILES string of the molecule is Cc1nn(-c2cc(OC(F)C(=O)O)c(Cl)cc2Cl)c(=O)n1C(F)F. The Bertz CT molecular complexity index is 853. The third-order valence-corrected chi connectivity index (χ3v) is 3.43. The number of carbonyl (C=O) groups is 1. The molecule has 0 bridgehead atoms. The van der Waals surface area contributed by atoms with Crippen molar-refractivity contribution in [3.05, 3.63) is 38.5 Å². The fraction of sp³-hybridized carbons (Fsp3) is 0.250. The predicted octanol–water partition coefficient (Wildman–Crippen LogP) is 2.80. The minimum atomic E-state index is -3.13. The molecule has 0 amide bonds. The van der Waals surface area contributed by atoms with Gasteiger partial charge in [-0.15, -0.1) is 5.10 Å². The van der Waals surface area contributed by atoms with Crippen LogP contribution in [0.5, 0.6) is 5.75 Å². The molecule has 0 spiro atoms. The van der Waals surface area contributed by atoms with Crippen LogP contribution in [0, 0.1) is 6.92 Å². The number of aliphatic carboxylic acids is 1. The van der Waals surface area contributed by atoms with Gasteiger partial charge in [-0.1, -0.05) is 23.2 Å². The Morgan fingerprint density at radius 1 is 1.29 bits per heavy atom. The summed E-state index contributed by atoms with van der Waals surface area (Å²) < 4.78 is 44.0.